The van der Waals surface area contributed by atoms with Crippen molar-refractivity contribution in [1.29, 1.82) is 0 Å². The molecule has 3 heterocycles. The van der Waals surface area contributed by atoms with Crippen molar-refractivity contribution in [2.45, 2.75) is 44.2 Å². The first-order valence-electron chi connectivity index (χ1n) is 12.5. The van der Waals surface area contributed by atoms with Gasteiger partial charge in [0.2, 0.25) is 5.95 Å². The maximum absolute atomic E-state index is 13.3. The Morgan fingerprint density at radius 1 is 1.24 bits per heavy atom. The predicted octanol–water partition coefficient (Wildman–Crippen LogP) is 1.80. The third kappa shape index (κ3) is 9.05. The van der Waals surface area contributed by atoms with Gasteiger partial charge in [-0.1, -0.05) is 30.2 Å². The van der Waals surface area contributed by atoms with E-state index in [-0.39, 0.29) is 35.5 Å². The molecule has 0 aliphatic carbocycles. The minimum Gasteiger partial charge on any atom is -0.456 e. The summed E-state index contributed by atoms with van der Waals surface area (Å²) < 4.78 is 60.0. The first kappa shape index (κ1) is 34.4. The average molecular weight is 694 g/mol. The number of phosphoric acid groups is 3. The van der Waals surface area contributed by atoms with Gasteiger partial charge in [-0.2, -0.15) is 13.6 Å². The molecule has 0 radical (unpaired) electrons. The van der Waals surface area contributed by atoms with Crippen LogP contribution in [0, 0.1) is 0 Å². The zero-order valence-electron chi connectivity index (χ0n) is 22.8. The lowest BCUT2D eigenvalue weighted by atomic mass is 10.0. The summed E-state index contributed by atoms with van der Waals surface area (Å²) in [7, 11) is -17.0. The van der Waals surface area contributed by atoms with E-state index in [2.05, 4.69) is 33.6 Å². The van der Waals surface area contributed by atoms with Gasteiger partial charge < -0.3 is 34.8 Å². The Bertz CT molecular complexity index is 1840. The summed E-state index contributed by atoms with van der Waals surface area (Å²) in [6.07, 6.45) is -2.54. The topological polar surface area (TPSA) is 334 Å². The van der Waals surface area contributed by atoms with E-state index in [0.717, 1.165) is 0 Å². The standard InChI is InChI=1S/C20H25N8O14P3/c1-10(26-27-22)6-11-4-2-3-5-12(11)19(30)40-13-7-15(28-9-23-16-17(28)24-20(21)25-18(16)29)39-14(13)8-38-44(34,35)42-45(36,37)41-43(31,32)33/h2-5,9-10,13-15H,6-8H2,1H3,(H,34,35)(H,36,37)(H2,31,32,33)(H3,21,24,25,29)/t10?,13?,14-,15-/m1/s1. The van der Waals surface area contributed by atoms with Gasteiger partial charge in [-0.25, -0.2) is 23.5 Å². The van der Waals surface area contributed by atoms with E-state index >= 15 is 0 Å². The van der Waals surface area contributed by atoms with E-state index in [1.165, 1.54) is 17.0 Å². The van der Waals surface area contributed by atoms with Gasteiger partial charge in [0.15, 0.2) is 11.2 Å². The molecular formula is C20H25N8O14P3. The number of hydrogen-bond donors (Lipinski definition) is 6. The van der Waals surface area contributed by atoms with Crippen LogP contribution in [-0.4, -0.2) is 69.9 Å². The molecule has 25 heteroatoms. The smallest absolute Gasteiger partial charge is 0.456 e. The van der Waals surface area contributed by atoms with Crippen LogP contribution in [0.25, 0.3) is 21.6 Å². The number of nitrogens with one attached hydrogen (secondary N) is 1. The van der Waals surface area contributed by atoms with Crippen LogP contribution in [0.5, 0.6) is 0 Å². The van der Waals surface area contributed by atoms with Crippen LogP contribution in [0.2, 0.25) is 0 Å². The maximum atomic E-state index is 13.3. The highest BCUT2D eigenvalue weighted by Gasteiger charge is 2.44. The van der Waals surface area contributed by atoms with Gasteiger partial charge in [-0.3, -0.25) is 18.9 Å². The summed E-state index contributed by atoms with van der Waals surface area (Å²) in [4.78, 5) is 75.4. The van der Waals surface area contributed by atoms with Crippen molar-refractivity contribution in [3.05, 3.63) is 62.5 Å². The Kier molecular flexibility index (Phi) is 10.3. The molecule has 2 aromatic heterocycles. The van der Waals surface area contributed by atoms with Gasteiger partial charge in [0, 0.05) is 17.4 Å². The summed E-state index contributed by atoms with van der Waals surface area (Å²) in [6.45, 7) is 0.688. The second-order valence-electron chi connectivity index (χ2n) is 9.39. The zero-order valence-corrected chi connectivity index (χ0v) is 25.5. The number of hydrogen-bond acceptors (Lipinski definition) is 14. The van der Waals surface area contributed by atoms with Gasteiger partial charge in [-0.15, -0.1) is 0 Å². The molecule has 0 saturated carbocycles. The number of H-pyrrole nitrogens is 1. The second kappa shape index (κ2) is 13.5. The van der Waals surface area contributed by atoms with Crippen LogP contribution >= 0.6 is 23.5 Å². The van der Waals surface area contributed by atoms with Crippen molar-refractivity contribution in [1.82, 2.24) is 19.5 Å². The highest BCUT2D eigenvalue weighted by Crippen LogP contribution is 2.66. The number of carbonyl (C=O) groups excluding carboxylic acids is 1. The zero-order chi connectivity index (χ0) is 33.2. The highest BCUT2D eigenvalue weighted by molar-refractivity contribution is 7.66. The molecule has 1 aliphatic heterocycles. The number of azide groups is 1. The van der Waals surface area contributed by atoms with Gasteiger partial charge >= 0.3 is 29.4 Å². The number of aromatic nitrogens is 4. The number of phosphoric ester groups is 1. The normalized spacial score (nSPS) is 21.8. The lowest BCUT2D eigenvalue weighted by Gasteiger charge is -2.21. The average Bonchev–Trinajstić information content (AvgIpc) is 3.49. The molecule has 4 rings (SSSR count). The van der Waals surface area contributed by atoms with Crippen molar-refractivity contribution in [3.63, 3.8) is 0 Å². The molecule has 1 saturated heterocycles. The van der Waals surface area contributed by atoms with E-state index < -0.39 is 66.1 Å². The molecule has 22 nitrogen and oxygen atoms in total. The molecular weight excluding hydrogens is 669 g/mol. The van der Waals surface area contributed by atoms with Crippen molar-refractivity contribution in [2.75, 3.05) is 12.3 Å². The summed E-state index contributed by atoms with van der Waals surface area (Å²) in [6, 6.07) is 5.77. The third-order valence-electron chi connectivity index (χ3n) is 6.02. The van der Waals surface area contributed by atoms with Gasteiger partial charge in [0.25, 0.3) is 5.56 Å². The van der Waals surface area contributed by atoms with E-state index in [9.17, 15) is 33.1 Å². The van der Waals surface area contributed by atoms with Crippen molar-refractivity contribution in [3.8, 4) is 0 Å². The van der Waals surface area contributed by atoms with Crippen LogP contribution in [0.4, 0.5) is 5.95 Å². The number of nitrogens with two attached hydrogens (primary N) is 1. The summed E-state index contributed by atoms with van der Waals surface area (Å²) >= 11 is 0. The fourth-order valence-corrected chi connectivity index (χ4v) is 7.35. The van der Waals surface area contributed by atoms with Crippen LogP contribution in [0.1, 0.15) is 35.5 Å². The SMILES string of the molecule is CC(Cc1ccccc1C(=O)OC1C[C@H](n2cnc3c(=O)[nH]c(N)nc32)O[C@@H]1COP(=O)(O)OP(=O)(O)OP(=O)(O)O)N=[N+]=[N-]. The number of nitrogens with zero attached hydrogens (tertiary/aromatic N) is 6. The Hall–Kier alpha value is -3.48. The maximum Gasteiger partial charge on any atom is 0.490 e. The van der Waals surface area contributed by atoms with Gasteiger partial charge in [0.05, 0.1) is 18.5 Å². The number of esters is 1. The molecule has 1 aliphatic rings. The summed E-state index contributed by atoms with van der Waals surface area (Å²) in [5, 5.41) is 3.60. The van der Waals surface area contributed by atoms with Crippen molar-refractivity contribution >= 4 is 46.5 Å². The van der Waals surface area contributed by atoms with Crippen LogP contribution in [-0.2, 0) is 42.7 Å². The molecule has 244 valence electrons. The van der Waals surface area contributed by atoms with E-state index in [0.29, 0.717) is 5.56 Å². The lowest BCUT2D eigenvalue weighted by Crippen LogP contribution is -2.31. The molecule has 0 spiro atoms. The summed E-state index contributed by atoms with van der Waals surface area (Å²) in [5.41, 5.74) is 14.2. The molecule has 0 amide bonds. The molecule has 1 fully saturated rings. The number of rotatable bonds is 13. The van der Waals surface area contributed by atoms with Crippen LogP contribution in [0.15, 0.2) is 40.5 Å². The predicted molar refractivity (Wildman–Crippen MR) is 149 cm³/mol. The Labute approximate surface area is 251 Å². The molecule has 45 heavy (non-hydrogen) atoms. The van der Waals surface area contributed by atoms with E-state index in [4.69, 9.17) is 35.0 Å². The number of benzene rings is 1. The largest absolute Gasteiger partial charge is 0.490 e. The second-order valence-corrected chi connectivity index (χ2v) is 13.8. The monoisotopic (exact) mass is 694 g/mol. The molecule has 4 unspecified atom stereocenters. The van der Waals surface area contributed by atoms with E-state index in [1.807, 2.05) is 0 Å². The number of anilines is 1. The molecule has 3 aromatic rings. The first-order valence-corrected chi connectivity index (χ1v) is 17.0. The third-order valence-corrected chi connectivity index (χ3v) is 9.82. The fourth-order valence-electron chi connectivity index (χ4n) is 4.32. The Morgan fingerprint density at radius 2 is 1.96 bits per heavy atom. The number of aromatic amines is 1. The van der Waals surface area contributed by atoms with Gasteiger partial charge in [-0.05, 0) is 23.6 Å². The number of imidazole rings is 1. The highest BCUT2D eigenvalue weighted by atomic mass is 31.3. The Balaban J connectivity index is 1.59. The van der Waals surface area contributed by atoms with Crippen molar-refractivity contribution in [2.24, 2.45) is 5.11 Å². The number of fused-ring (bicyclic) bond motifs is 1. The number of nitrogen functional groups attached to an aromatic ring is 1. The van der Waals surface area contributed by atoms with Crippen LogP contribution in [0.3, 0.4) is 0 Å². The lowest BCUT2D eigenvalue weighted by molar-refractivity contribution is -0.0490. The minimum absolute atomic E-state index is 0.0164. The fraction of sp³-hybridized carbons (Fsp3) is 0.400. The Morgan fingerprint density at radius 3 is 2.64 bits per heavy atom. The number of carbonyl (C=O) groups is 1. The van der Waals surface area contributed by atoms with Gasteiger partial charge in [0.1, 0.15) is 18.4 Å². The molecule has 1 aromatic carbocycles. The molecule has 0 bridgehead atoms. The van der Waals surface area contributed by atoms with Crippen LogP contribution < -0.4 is 11.3 Å². The minimum atomic E-state index is -5.81. The van der Waals surface area contributed by atoms with Crippen molar-refractivity contribution < 1.29 is 60.7 Å². The van der Waals surface area contributed by atoms with E-state index in [1.54, 1.807) is 25.1 Å². The number of ether oxygens (including phenoxy) is 2. The molecule has 7 N–H and O–H groups in total. The molecule has 6 atom stereocenters. The quantitative estimate of drug-likeness (QED) is 0.0488. The first-order chi connectivity index (χ1) is 21.0. The summed E-state index contributed by atoms with van der Waals surface area (Å²) in [5.74, 6) is -1.11.